The van der Waals surface area contributed by atoms with Crippen LogP contribution in [0.1, 0.15) is 10.4 Å². The Morgan fingerprint density at radius 3 is 2.80 bits per heavy atom. The molecular weight excluding hydrogens is 365 g/mol. The zero-order valence-electron chi connectivity index (χ0n) is 10.5. The number of thiophene rings is 1. The molecule has 0 bridgehead atoms. The Kier molecular flexibility index (Phi) is 5.57. The average Bonchev–Trinajstić information content (AvgIpc) is 2.80. The van der Waals surface area contributed by atoms with E-state index in [9.17, 15) is 9.18 Å². The van der Waals surface area contributed by atoms with Gasteiger partial charge in [-0.05, 0) is 46.6 Å². The van der Waals surface area contributed by atoms with Gasteiger partial charge in [0.2, 0.25) is 5.91 Å². The number of amides is 1. The van der Waals surface area contributed by atoms with Crippen LogP contribution in [0.5, 0.6) is 0 Å². The van der Waals surface area contributed by atoms with E-state index in [1.54, 1.807) is 17.4 Å². The maximum absolute atomic E-state index is 13.5. The van der Waals surface area contributed by atoms with Crippen molar-refractivity contribution >= 4 is 44.8 Å². The van der Waals surface area contributed by atoms with Gasteiger partial charge < -0.3 is 5.32 Å². The SMILES string of the molecule is O=C(Cc1c(F)cccc1Cl)NCCc1ccc(Br)s1. The van der Waals surface area contributed by atoms with Crippen LogP contribution in [0.3, 0.4) is 0 Å². The second kappa shape index (κ2) is 7.20. The Bertz CT molecular complexity index is 597. The van der Waals surface area contributed by atoms with E-state index in [0.29, 0.717) is 6.54 Å². The number of hydrogen-bond acceptors (Lipinski definition) is 2. The molecule has 0 aliphatic heterocycles. The predicted octanol–water partition coefficient (Wildman–Crippen LogP) is 4.20. The highest BCUT2D eigenvalue weighted by Crippen LogP contribution is 2.22. The molecule has 106 valence electrons. The van der Waals surface area contributed by atoms with Crippen LogP contribution in [-0.4, -0.2) is 12.5 Å². The topological polar surface area (TPSA) is 29.1 Å². The first-order valence-corrected chi connectivity index (χ1v) is 7.99. The van der Waals surface area contributed by atoms with Gasteiger partial charge in [0.25, 0.3) is 0 Å². The van der Waals surface area contributed by atoms with E-state index >= 15 is 0 Å². The lowest BCUT2D eigenvalue weighted by Gasteiger charge is -2.07. The summed E-state index contributed by atoms with van der Waals surface area (Å²) in [6.45, 7) is 0.526. The van der Waals surface area contributed by atoms with Crippen LogP contribution >= 0.6 is 38.9 Å². The maximum atomic E-state index is 13.5. The summed E-state index contributed by atoms with van der Waals surface area (Å²) in [5.74, 6) is -0.678. The molecule has 1 N–H and O–H groups in total. The van der Waals surface area contributed by atoms with Crippen molar-refractivity contribution in [3.8, 4) is 0 Å². The van der Waals surface area contributed by atoms with Crippen LogP contribution in [-0.2, 0) is 17.6 Å². The fourth-order valence-corrected chi connectivity index (χ4v) is 3.45. The zero-order chi connectivity index (χ0) is 14.5. The molecule has 0 unspecified atom stereocenters. The second-order valence-electron chi connectivity index (χ2n) is 4.18. The Balaban J connectivity index is 1.84. The number of rotatable bonds is 5. The molecule has 0 aliphatic rings. The summed E-state index contributed by atoms with van der Waals surface area (Å²) in [5.41, 5.74) is 0.241. The van der Waals surface area contributed by atoms with Crippen molar-refractivity contribution in [3.05, 3.63) is 55.4 Å². The fraction of sp³-hybridized carbons (Fsp3) is 0.214. The Hall–Kier alpha value is -0.910. The summed E-state index contributed by atoms with van der Waals surface area (Å²) < 4.78 is 14.6. The van der Waals surface area contributed by atoms with Gasteiger partial charge in [-0.2, -0.15) is 0 Å². The fourth-order valence-electron chi connectivity index (χ4n) is 1.74. The molecule has 0 saturated carbocycles. The molecule has 0 spiro atoms. The third kappa shape index (κ3) is 4.30. The van der Waals surface area contributed by atoms with Gasteiger partial charge in [-0.1, -0.05) is 17.7 Å². The zero-order valence-corrected chi connectivity index (χ0v) is 13.6. The minimum atomic E-state index is -0.449. The number of carbonyl (C=O) groups is 1. The summed E-state index contributed by atoms with van der Waals surface area (Å²) in [6.07, 6.45) is 0.715. The van der Waals surface area contributed by atoms with Crippen LogP contribution in [0, 0.1) is 5.82 Å². The van der Waals surface area contributed by atoms with Crippen molar-refractivity contribution in [1.82, 2.24) is 5.32 Å². The van der Waals surface area contributed by atoms with Crippen LogP contribution in [0.25, 0.3) is 0 Å². The molecule has 1 aromatic carbocycles. The molecule has 0 atom stereocenters. The van der Waals surface area contributed by atoms with Crippen molar-refractivity contribution in [1.29, 1.82) is 0 Å². The smallest absolute Gasteiger partial charge is 0.224 e. The van der Waals surface area contributed by atoms with Gasteiger partial charge in [-0.3, -0.25) is 4.79 Å². The van der Waals surface area contributed by atoms with E-state index in [1.807, 2.05) is 12.1 Å². The first kappa shape index (κ1) is 15.5. The Morgan fingerprint density at radius 2 is 2.15 bits per heavy atom. The first-order chi connectivity index (χ1) is 9.56. The van der Waals surface area contributed by atoms with Crippen molar-refractivity contribution in [2.45, 2.75) is 12.8 Å². The van der Waals surface area contributed by atoms with E-state index in [2.05, 4.69) is 21.2 Å². The summed E-state index contributed by atoms with van der Waals surface area (Å²) in [4.78, 5) is 13.0. The summed E-state index contributed by atoms with van der Waals surface area (Å²) >= 11 is 10.9. The van der Waals surface area contributed by atoms with E-state index in [4.69, 9.17) is 11.6 Å². The molecular formula is C14H12BrClFNOS. The number of benzene rings is 1. The van der Waals surface area contributed by atoms with Gasteiger partial charge in [0.05, 0.1) is 10.2 Å². The molecule has 2 nitrogen and oxygen atoms in total. The molecule has 2 aromatic rings. The minimum absolute atomic E-state index is 0.0420. The van der Waals surface area contributed by atoms with Crippen molar-refractivity contribution in [2.24, 2.45) is 0 Å². The highest BCUT2D eigenvalue weighted by molar-refractivity contribution is 9.11. The first-order valence-electron chi connectivity index (χ1n) is 6.00. The van der Waals surface area contributed by atoms with Crippen LogP contribution < -0.4 is 5.32 Å². The third-order valence-electron chi connectivity index (χ3n) is 2.72. The second-order valence-corrected chi connectivity index (χ2v) is 7.14. The largest absolute Gasteiger partial charge is 0.355 e. The standard InChI is InChI=1S/C14H12BrClFNOS/c15-13-5-4-9(20-13)6-7-18-14(19)8-10-11(16)2-1-3-12(10)17/h1-5H,6-8H2,(H,18,19). The molecule has 1 amide bonds. The molecule has 1 heterocycles. The molecule has 6 heteroatoms. The highest BCUT2D eigenvalue weighted by Gasteiger charge is 2.11. The van der Waals surface area contributed by atoms with Crippen molar-refractivity contribution in [2.75, 3.05) is 6.54 Å². The molecule has 0 radical (unpaired) electrons. The number of hydrogen-bond donors (Lipinski definition) is 1. The van der Waals surface area contributed by atoms with E-state index in [1.165, 1.54) is 17.0 Å². The molecule has 20 heavy (non-hydrogen) atoms. The molecule has 0 aliphatic carbocycles. The highest BCUT2D eigenvalue weighted by atomic mass is 79.9. The predicted molar refractivity (Wildman–Crippen MR) is 83.8 cm³/mol. The van der Waals surface area contributed by atoms with E-state index in [0.717, 1.165) is 10.2 Å². The Labute approximate surface area is 134 Å². The van der Waals surface area contributed by atoms with E-state index < -0.39 is 5.82 Å². The molecule has 1 aromatic heterocycles. The number of halogens is 3. The lowest BCUT2D eigenvalue weighted by molar-refractivity contribution is -0.120. The normalized spacial score (nSPS) is 10.6. The van der Waals surface area contributed by atoms with E-state index in [-0.39, 0.29) is 22.9 Å². The summed E-state index contributed by atoms with van der Waals surface area (Å²) in [7, 11) is 0. The van der Waals surface area contributed by atoms with Crippen LogP contribution in [0.4, 0.5) is 4.39 Å². The lowest BCUT2D eigenvalue weighted by Crippen LogP contribution is -2.27. The third-order valence-corrected chi connectivity index (χ3v) is 4.76. The van der Waals surface area contributed by atoms with Crippen molar-refractivity contribution in [3.63, 3.8) is 0 Å². The van der Waals surface area contributed by atoms with Gasteiger partial charge in [0.15, 0.2) is 0 Å². The molecule has 0 fully saturated rings. The minimum Gasteiger partial charge on any atom is -0.355 e. The molecule has 2 rings (SSSR count). The van der Waals surface area contributed by atoms with Gasteiger partial charge in [-0.25, -0.2) is 4.39 Å². The van der Waals surface area contributed by atoms with Gasteiger partial charge >= 0.3 is 0 Å². The maximum Gasteiger partial charge on any atom is 0.224 e. The number of carbonyl (C=O) groups excluding carboxylic acids is 1. The Morgan fingerprint density at radius 1 is 1.35 bits per heavy atom. The van der Waals surface area contributed by atoms with Gasteiger partial charge in [0, 0.05) is 22.0 Å². The monoisotopic (exact) mass is 375 g/mol. The summed E-state index contributed by atoms with van der Waals surface area (Å²) in [6, 6.07) is 8.39. The van der Waals surface area contributed by atoms with Crippen LogP contribution in [0.2, 0.25) is 5.02 Å². The summed E-state index contributed by atoms with van der Waals surface area (Å²) in [5, 5.41) is 3.05. The van der Waals surface area contributed by atoms with Gasteiger partial charge in [0.1, 0.15) is 5.82 Å². The molecule has 0 saturated heterocycles. The van der Waals surface area contributed by atoms with Crippen LogP contribution in [0.15, 0.2) is 34.1 Å². The number of nitrogens with one attached hydrogen (secondary N) is 1. The van der Waals surface area contributed by atoms with Crippen molar-refractivity contribution < 1.29 is 9.18 Å². The average molecular weight is 377 g/mol. The quantitative estimate of drug-likeness (QED) is 0.832. The van der Waals surface area contributed by atoms with Gasteiger partial charge in [-0.15, -0.1) is 11.3 Å². The lowest BCUT2D eigenvalue weighted by atomic mass is 10.1.